The van der Waals surface area contributed by atoms with E-state index in [1.54, 1.807) is 30.0 Å². The number of hydrogen-bond acceptors (Lipinski definition) is 6. The smallest absolute Gasteiger partial charge is 0.338 e. The average molecular weight is 409 g/mol. The van der Waals surface area contributed by atoms with Gasteiger partial charge in [-0.25, -0.2) is 9.79 Å². The van der Waals surface area contributed by atoms with E-state index in [9.17, 15) is 9.59 Å². The number of aliphatic imine (C=N–C) groups is 1. The van der Waals surface area contributed by atoms with Crippen molar-refractivity contribution in [1.29, 1.82) is 0 Å². The monoisotopic (exact) mass is 408 g/mol. The van der Waals surface area contributed by atoms with Gasteiger partial charge in [0.1, 0.15) is 6.61 Å². The molecule has 1 aromatic carbocycles. The predicted molar refractivity (Wildman–Crippen MR) is 106 cm³/mol. The van der Waals surface area contributed by atoms with Crippen molar-refractivity contribution >= 4 is 40.4 Å². The molecule has 27 heavy (non-hydrogen) atoms. The Hall–Kier alpha value is -1.83. The van der Waals surface area contributed by atoms with Crippen molar-refractivity contribution < 1.29 is 19.1 Å². The molecule has 8 heteroatoms. The zero-order valence-corrected chi connectivity index (χ0v) is 17.0. The highest BCUT2D eigenvalue weighted by molar-refractivity contribution is 8.15. The first kappa shape index (κ1) is 19.9. The van der Waals surface area contributed by atoms with Crippen LogP contribution in [0.3, 0.4) is 0 Å². The van der Waals surface area contributed by atoms with E-state index in [2.05, 4.69) is 4.99 Å². The molecular formula is C19H21ClN2O4S. The van der Waals surface area contributed by atoms with Gasteiger partial charge in [0.25, 0.3) is 0 Å². The fourth-order valence-corrected chi connectivity index (χ4v) is 4.47. The Morgan fingerprint density at radius 2 is 2.15 bits per heavy atom. The highest BCUT2D eigenvalue weighted by Crippen LogP contribution is 2.44. The van der Waals surface area contributed by atoms with Gasteiger partial charge in [0, 0.05) is 12.1 Å². The van der Waals surface area contributed by atoms with Gasteiger partial charge in [-0.15, -0.1) is 0 Å². The number of fused-ring (bicyclic) bond motifs is 1. The van der Waals surface area contributed by atoms with Crippen LogP contribution >= 0.6 is 23.4 Å². The third-order valence-corrected chi connectivity index (χ3v) is 5.98. The first-order chi connectivity index (χ1) is 13.0. The minimum absolute atomic E-state index is 0.0547. The molecule has 0 radical (unpaired) electrons. The molecule has 2 unspecified atom stereocenters. The molecule has 0 N–H and O–H groups in total. The number of amides is 1. The first-order valence-corrected chi connectivity index (χ1v) is 9.94. The van der Waals surface area contributed by atoms with Gasteiger partial charge in [-0.05, 0) is 31.0 Å². The maximum Gasteiger partial charge on any atom is 0.338 e. The minimum Gasteiger partial charge on any atom is -0.460 e. The molecule has 0 saturated carbocycles. The maximum atomic E-state index is 13.0. The van der Waals surface area contributed by atoms with Crippen LogP contribution in [0.2, 0.25) is 5.02 Å². The van der Waals surface area contributed by atoms with Crippen LogP contribution in [0, 0.1) is 0 Å². The number of halogens is 1. The summed E-state index contributed by atoms with van der Waals surface area (Å²) in [6.45, 7) is 4.15. The van der Waals surface area contributed by atoms with Crippen molar-refractivity contribution in [1.82, 2.24) is 4.90 Å². The number of rotatable bonds is 6. The standard InChI is InChI=1S/C19H21ClN2O4S/c1-4-14-17(23)22-16(12-6-5-7-13(20)10-12)15(11(2)21-19(22)27-14)18(24)26-9-8-25-3/h5-7,10,14,16H,4,8-9H2,1-3H3. The van der Waals surface area contributed by atoms with Gasteiger partial charge in [-0.1, -0.05) is 42.4 Å². The van der Waals surface area contributed by atoms with Gasteiger partial charge in [0.15, 0.2) is 5.17 Å². The van der Waals surface area contributed by atoms with E-state index in [0.717, 1.165) is 5.56 Å². The molecule has 1 amide bonds. The molecule has 3 rings (SSSR count). The maximum absolute atomic E-state index is 13.0. The Labute approximate surface area is 167 Å². The van der Waals surface area contributed by atoms with E-state index < -0.39 is 12.0 Å². The fourth-order valence-electron chi connectivity index (χ4n) is 3.14. The van der Waals surface area contributed by atoms with Crippen molar-refractivity contribution in [2.75, 3.05) is 20.3 Å². The second-order valence-electron chi connectivity index (χ2n) is 6.20. The lowest BCUT2D eigenvalue weighted by molar-refractivity contribution is -0.141. The summed E-state index contributed by atoms with van der Waals surface area (Å²) >= 11 is 7.61. The Balaban J connectivity index is 2.05. The molecule has 144 valence electrons. The van der Waals surface area contributed by atoms with E-state index >= 15 is 0 Å². The van der Waals surface area contributed by atoms with Gasteiger partial charge >= 0.3 is 5.97 Å². The predicted octanol–water partition coefficient (Wildman–Crippen LogP) is 3.57. The van der Waals surface area contributed by atoms with Gasteiger partial charge in [-0.2, -0.15) is 0 Å². The Bertz CT molecular complexity index is 824. The van der Waals surface area contributed by atoms with Crippen LogP contribution in [0.4, 0.5) is 0 Å². The number of amidine groups is 1. The molecule has 2 atom stereocenters. The number of thioether (sulfide) groups is 1. The zero-order chi connectivity index (χ0) is 19.6. The lowest BCUT2D eigenvalue weighted by Crippen LogP contribution is -2.40. The van der Waals surface area contributed by atoms with Crippen molar-refractivity contribution in [2.24, 2.45) is 4.99 Å². The van der Waals surface area contributed by atoms with Crippen LogP contribution in [-0.4, -0.2) is 47.5 Å². The second kappa shape index (κ2) is 8.46. The summed E-state index contributed by atoms with van der Waals surface area (Å²) in [6.07, 6.45) is 0.688. The van der Waals surface area contributed by atoms with Gasteiger partial charge in [-0.3, -0.25) is 9.69 Å². The molecule has 0 aliphatic carbocycles. The molecular weight excluding hydrogens is 388 g/mol. The Kier molecular flexibility index (Phi) is 6.24. The zero-order valence-electron chi connectivity index (χ0n) is 15.4. The molecule has 2 aliphatic heterocycles. The van der Waals surface area contributed by atoms with Crippen LogP contribution in [0.25, 0.3) is 0 Å². The van der Waals surface area contributed by atoms with Crippen LogP contribution in [-0.2, 0) is 19.1 Å². The van der Waals surface area contributed by atoms with E-state index in [-0.39, 0.29) is 17.8 Å². The first-order valence-electron chi connectivity index (χ1n) is 8.68. The third-order valence-electron chi connectivity index (χ3n) is 4.43. The molecule has 1 saturated heterocycles. The molecule has 6 nitrogen and oxygen atoms in total. The van der Waals surface area contributed by atoms with Gasteiger partial charge in [0.2, 0.25) is 5.91 Å². The largest absolute Gasteiger partial charge is 0.460 e. The van der Waals surface area contributed by atoms with Crippen LogP contribution < -0.4 is 0 Å². The second-order valence-corrected chi connectivity index (χ2v) is 7.81. The van der Waals surface area contributed by atoms with Crippen molar-refractivity contribution in [3.63, 3.8) is 0 Å². The third kappa shape index (κ3) is 3.90. The number of methoxy groups -OCH3 is 1. The fraction of sp³-hybridized carbons (Fsp3) is 0.421. The number of nitrogens with zero attached hydrogens (tertiary/aromatic N) is 2. The summed E-state index contributed by atoms with van der Waals surface area (Å²) < 4.78 is 10.3. The van der Waals surface area contributed by atoms with Gasteiger partial charge in [0.05, 0.1) is 29.2 Å². The van der Waals surface area contributed by atoms with E-state index in [1.165, 1.54) is 18.9 Å². The van der Waals surface area contributed by atoms with Crippen molar-refractivity contribution in [3.05, 3.63) is 46.1 Å². The number of allylic oxidation sites excluding steroid dienone is 1. The number of carbonyl (C=O) groups excluding carboxylic acids is 2. The summed E-state index contributed by atoms with van der Waals surface area (Å²) in [7, 11) is 1.54. The Morgan fingerprint density at radius 1 is 1.37 bits per heavy atom. The normalized spacial score (nSPS) is 22.0. The highest BCUT2D eigenvalue weighted by Gasteiger charge is 2.47. The summed E-state index contributed by atoms with van der Waals surface area (Å²) in [5, 5.41) is 0.942. The van der Waals surface area contributed by atoms with Crippen LogP contribution in [0.5, 0.6) is 0 Å². The molecule has 0 aromatic heterocycles. The molecule has 2 heterocycles. The highest BCUT2D eigenvalue weighted by atomic mass is 35.5. The van der Waals surface area contributed by atoms with E-state index in [1.807, 2.05) is 13.0 Å². The van der Waals surface area contributed by atoms with Gasteiger partial charge < -0.3 is 9.47 Å². The summed E-state index contributed by atoms with van der Waals surface area (Å²) in [5.41, 5.74) is 1.65. The minimum atomic E-state index is -0.609. The van der Waals surface area contributed by atoms with Crippen LogP contribution in [0.15, 0.2) is 40.5 Å². The summed E-state index contributed by atoms with van der Waals surface area (Å²) in [5.74, 6) is -0.559. The quantitative estimate of drug-likeness (QED) is 0.531. The lowest BCUT2D eigenvalue weighted by atomic mass is 9.94. The number of esters is 1. The number of benzene rings is 1. The molecule has 1 aromatic rings. The Morgan fingerprint density at radius 3 is 2.81 bits per heavy atom. The molecule has 1 fully saturated rings. The summed E-state index contributed by atoms with van der Waals surface area (Å²) in [6, 6.07) is 6.57. The molecule has 2 aliphatic rings. The number of carbonyl (C=O) groups is 2. The number of ether oxygens (including phenoxy) is 2. The van der Waals surface area contributed by atoms with Crippen molar-refractivity contribution in [2.45, 2.75) is 31.6 Å². The lowest BCUT2D eigenvalue weighted by Gasteiger charge is -2.33. The van der Waals surface area contributed by atoms with Crippen LogP contribution in [0.1, 0.15) is 31.9 Å². The number of hydrogen-bond donors (Lipinski definition) is 0. The van der Waals surface area contributed by atoms with E-state index in [4.69, 9.17) is 21.1 Å². The topological polar surface area (TPSA) is 68.2 Å². The van der Waals surface area contributed by atoms with E-state index in [0.29, 0.717) is 34.5 Å². The average Bonchev–Trinajstić information content (AvgIpc) is 2.96. The van der Waals surface area contributed by atoms with Crippen molar-refractivity contribution in [3.8, 4) is 0 Å². The summed E-state index contributed by atoms with van der Waals surface area (Å²) in [4.78, 5) is 31.9. The molecule has 0 spiro atoms. The molecule has 0 bridgehead atoms. The SMILES string of the molecule is CCC1SC2=NC(C)=C(C(=O)OCCOC)C(c3cccc(Cl)c3)N2C1=O.